The number of fused-ring (bicyclic) bond motifs is 1. The van der Waals surface area contributed by atoms with Crippen LogP contribution < -0.4 is 0 Å². The molecule has 0 radical (unpaired) electrons. The van der Waals surface area contributed by atoms with E-state index in [-0.39, 0.29) is 42.2 Å². The van der Waals surface area contributed by atoms with Gasteiger partial charge in [-0.2, -0.15) is 0 Å². The molecular weight excluding hydrogens is 415 g/mol. The number of hydrogen-bond acceptors (Lipinski definition) is 5. The molecule has 0 aliphatic heterocycles. The fourth-order valence-electron chi connectivity index (χ4n) is 4.91. The smallest absolute Gasteiger partial charge is 0.308 e. The van der Waals surface area contributed by atoms with Crippen LogP contribution in [0.25, 0.3) is 0 Å². The highest BCUT2D eigenvalue weighted by molar-refractivity contribution is 5.72. The molecule has 0 heterocycles. The summed E-state index contributed by atoms with van der Waals surface area (Å²) in [7, 11) is 0. The van der Waals surface area contributed by atoms with Crippen LogP contribution in [-0.4, -0.2) is 41.9 Å². The van der Waals surface area contributed by atoms with Crippen molar-refractivity contribution in [2.75, 3.05) is 0 Å². The molecule has 2 rings (SSSR count). The van der Waals surface area contributed by atoms with E-state index in [0.717, 1.165) is 18.4 Å². The van der Waals surface area contributed by atoms with Crippen LogP contribution in [-0.2, 0) is 23.9 Å². The summed E-state index contributed by atoms with van der Waals surface area (Å²) in [5, 5.41) is 8.80. The first-order valence-electron chi connectivity index (χ1n) is 11.7. The molecular formula is C25H37FO6. The molecule has 0 aromatic heterocycles. The van der Waals surface area contributed by atoms with Crippen molar-refractivity contribution in [1.29, 1.82) is 0 Å². The Morgan fingerprint density at radius 3 is 2.69 bits per heavy atom. The van der Waals surface area contributed by atoms with E-state index in [1.54, 1.807) is 0 Å². The Morgan fingerprint density at radius 1 is 1.34 bits per heavy atom. The fraction of sp³-hybridized carbons (Fsp3) is 0.720. The Hall–Kier alpha value is -2.18. The highest BCUT2D eigenvalue weighted by atomic mass is 19.1. The predicted octanol–water partition coefficient (Wildman–Crippen LogP) is 4.87. The fourth-order valence-corrected chi connectivity index (χ4v) is 4.91. The number of rotatable bonds is 12. The Kier molecular flexibility index (Phi) is 9.91. The largest absolute Gasteiger partial charge is 0.481 e. The molecule has 180 valence electrons. The number of allylic oxidation sites excluding steroid dienone is 3. The monoisotopic (exact) mass is 452 g/mol. The summed E-state index contributed by atoms with van der Waals surface area (Å²) in [6.07, 6.45) is 5.82. The van der Waals surface area contributed by atoms with Gasteiger partial charge in [0, 0.05) is 12.3 Å². The number of esters is 1. The van der Waals surface area contributed by atoms with Crippen molar-refractivity contribution in [3.05, 3.63) is 23.8 Å². The number of ether oxygens (including phenoxy) is 2. The summed E-state index contributed by atoms with van der Waals surface area (Å²) in [6, 6.07) is 0. The summed E-state index contributed by atoms with van der Waals surface area (Å²) >= 11 is 0. The topological polar surface area (TPSA) is 89.9 Å². The van der Waals surface area contributed by atoms with Crippen LogP contribution in [0.15, 0.2) is 23.8 Å². The number of carbonyl (C=O) groups is 3. The van der Waals surface area contributed by atoms with E-state index in [4.69, 9.17) is 14.6 Å². The van der Waals surface area contributed by atoms with E-state index in [1.165, 1.54) is 0 Å². The van der Waals surface area contributed by atoms with Crippen LogP contribution >= 0.6 is 0 Å². The van der Waals surface area contributed by atoms with Crippen molar-refractivity contribution in [3.8, 4) is 0 Å². The van der Waals surface area contributed by atoms with Crippen LogP contribution in [0.5, 0.6) is 0 Å². The minimum absolute atomic E-state index is 0.0382. The maximum absolute atomic E-state index is 14.0. The van der Waals surface area contributed by atoms with Gasteiger partial charge >= 0.3 is 11.9 Å². The lowest BCUT2D eigenvalue weighted by atomic mass is 9.65. The van der Waals surface area contributed by atoms with E-state index in [0.29, 0.717) is 25.2 Å². The molecule has 2 aliphatic carbocycles. The van der Waals surface area contributed by atoms with E-state index in [9.17, 15) is 18.8 Å². The van der Waals surface area contributed by atoms with Crippen LogP contribution in [0, 0.1) is 29.6 Å². The molecule has 0 saturated carbocycles. The Morgan fingerprint density at radius 2 is 2.06 bits per heavy atom. The summed E-state index contributed by atoms with van der Waals surface area (Å²) in [5.41, 5.74) is 1.16. The molecule has 32 heavy (non-hydrogen) atoms. The van der Waals surface area contributed by atoms with Gasteiger partial charge in [-0.25, -0.2) is 4.39 Å². The highest BCUT2D eigenvalue weighted by Crippen LogP contribution is 2.45. The van der Waals surface area contributed by atoms with Crippen LogP contribution in [0.1, 0.15) is 66.2 Å². The van der Waals surface area contributed by atoms with Crippen molar-refractivity contribution in [2.24, 2.45) is 29.6 Å². The number of carboxylic acids is 1. The Labute approximate surface area is 190 Å². The van der Waals surface area contributed by atoms with Gasteiger partial charge in [0.15, 0.2) is 0 Å². The summed E-state index contributed by atoms with van der Waals surface area (Å²) in [6.45, 7) is 8.36. The van der Waals surface area contributed by atoms with Crippen LogP contribution in [0.3, 0.4) is 0 Å². The molecule has 7 heteroatoms. The van der Waals surface area contributed by atoms with Gasteiger partial charge in [-0.1, -0.05) is 45.9 Å². The normalized spacial score (nSPS) is 29.8. The Balaban J connectivity index is 2.15. The number of aliphatic carboxylic acids is 1. The minimum atomic E-state index is -1.57. The Bertz CT molecular complexity index is 717. The van der Waals surface area contributed by atoms with Crippen molar-refractivity contribution in [2.45, 2.75) is 84.6 Å². The molecule has 0 aromatic rings. The number of halogens is 1. The zero-order valence-corrected chi connectivity index (χ0v) is 19.5. The molecule has 8 atom stereocenters. The van der Waals surface area contributed by atoms with Gasteiger partial charge < -0.3 is 14.6 Å². The van der Waals surface area contributed by atoms with E-state index in [1.807, 2.05) is 13.8 Å². The van der Waals surface area contributed by atoms with Crippen molar-refractivity contribution in [1.82, 2.24) is 0 Å². The van der Waals surface area contributed by atoms with Gasteiger partial charge in [0.2, 0.25) is 0 Å². The quantitative estimate of drug-likeness (QED) is 0.335. The number of carbonyl (C=O) groups excluding carboxylic acids is 2. The molecule has 0 fully saturated rings. The third-order valence-electron chi connectivity index (χ3n) is 6.86. The molecule has 0 saturated heterocycles. The third kappa shape index (κ3) is 7.17. The lowest BCUT2D eigenvalue weighted by Crippen LogP contribution is -2.41. The maximum Gasteiger partial charge on any atom is 0.308 e. The summed E-state index contributed by atoms with van der Waals surface area (Å²) in [5.74, 6) is -0.860. The minimum Gasteiger partial charge on any atom is -0.481 e. The van der Waals surface area contributed by atoms with Gasteiger partial charge in [-0.05, 0) is 49.0 Å². The van der Waals surface area contributed by atoms with Crippen LogP contribution in [0.4, 0.5) is 4.39 Å². The number of alkyl halides is 1. The number of hydrogen-bond donors (Lipinski definition) is 1. The van der Waals surface area contributed by atoms with Crippen molar-refractivity contribution < 1.29 is 33.4 Å². The third-order valence-corrected chi connectivity index (χ3v) is 6.86. The standard InChI is InChI=1S/C25H37FO6/c1-5-16(3)25(30)32-22-11-15(2)10-18-7-6-17(4)21(24(18)22)9-8-20(31-14-27)12-19(26)13-23(28)29/h6-7,10,14-17,19-22,24H,5,8-9,11-13H2,1-4H3,(H,28,29)/t15-,16-,17-,19-,20+,21-,22-,24?/m0/s1. The first kappa shape index (κ1) is 26.1. The highest BCUT2D eigenvalue weighted by Gasteiger charge is 2.41. The van der Waals surface area contributed by atoms with Crippen LogP contribution in [0.2, 0.25) is 0 Å². The van der Waals surface area contributed by atoms with Gasteiger partial charge in [0.1, 0.15) is 18.4 Å². The SMILES string of the molecule is CC[C@H](C)C(=O)O[C@H]1C[C@@H](C)C=C2C=C[C@H](C)[C@H](CC[C@H](C[C@H](F)CC(=O)O)OC=O)C21. The lowest BCUT2D eigenvalue weighted by Gasteiger charge is -2.43. The molecule has 0 spiro atoms. The summed E-state index contributed by atoms with van der Waals surface area (Å²) < 4.78 is 25.1. The summed E-state index contributed by atoms with van der Waals surface area (Å²) in [4.78, 5) is 34.3. The molecule has 0 aromatic carbocycles. The first-order valence-corrected chi connectivity index (χ1v) is 11.7. The molecule has 2 aliphatic rings. The van der Waals surface area contributed by atoms with Gasteiger partial charge in [-0.15, -0.1) is 0 Å². The molecule has 0 amide bonds. The molecule has 0 bridgehead atoms. The lowest BCUT2D eigenvalue weighted by molar-refractivity contribution is -0.158. The zero-order chi connectivity index (χ0) is 23.8. The average molecular weight is 453 g/mol. The van der Waals surface area contributed by atoms with E-state index in [2.05, 4.69) is 32.1 Å². The first-order chi connectivity index (χ1) is 15.2. The zero-order valence-electron chi connectivity index (χ0n) is 19.5. The molecule has 1 unspecified atom stereocenters. The van der Waals surface area contributed by atoms with E-state index >= 15 is 0 Å². The second-order valence-corrected chi connectivity index (χ2v) is 9.43. The molecule has 1 N–H and O–H groups in total. The maximum atomic E-state index is 14.0. The average Bonchev–Trinajstić information content (AvgIpc) is 2.71. The second kappa shape index (κ2) is 12.2. The van der Waals surface area contributed by atoms with Crippen molar-refractivity contribution >= 4 is 18.4 Å². The molecule has 6 nitrogen and oxygen atoms in total. The second-order valence-electron chi connectivity index (χ2n) is 9.43. The van der Waals surface area contributed by atoms with Crippen molar-refractivity contribution in [3.63, 3.8) is 0 Å². The number of carboxylic acid groups (broad SMARTS) is 1. The predicted molar refractivity (Wildman–Crippen MR) is 118 cm³/mol. The van der Waals surface area contributed by atoms with Gasteiger partial charge in [0.25, 0.3) is 6.47 Å². The van der Waals surface area contributed by atoms with Gasteiger partial charge in [-0.3, -0.25) is 14.4 Å². The van der Waals surface area contributed by atoms with E-state index < -0.39 is 24.7 Å². The van der Waals surface area contributed by atoms with Gasteiger partial charge in [0.05, 0.1) is 12.3 Å².